The molecule has 2 heterocycles. The van der Waals surface area contributed by atoms with E-state index in [-0.39, 0.29) is 6.61 Å². The third kappa shape index (κ3) is 3.00. The van der Waals surface area contributed by atoms with Crippen LogP contribution in [-0.4, -0.2) is 34.7 Å². The zero-order valence-corrected chi connectivity index (χ0v) is 12.9. The van der Waals surface area contributed by atoms with Gasteiger partial charge in [0.15, 0.2) is 5.13 Å². The largest absolute Gasteiger partial charge is 0.391 e. The molecule has 20 heavy (non-hydrogen) atoms. The molecule has 1 aromatic heterocycles. The third-order valence-electron chi connectivity index (χ3n) is 3.37. The number of benzene rings is 1. The molecule has 0 amide bonds. The van der Waals surface area contributed by atoms with Crippen molar-refractivity contribution in [3.8, 4) is 11.3 Å². The molecule has 0 unspecified atom stereocenters. The summed E-state index contributed by atoms with van der Waals surface area (Å²) in [6.45, 7) is 2.18. The summed E-state index contributed by atoms with van der Waals surface area (Å²) in [5.74, 6) is 2.40. The summed E-state index contributed by atoms with van der Waals surface area (Å²) in [6.07, 6.45) is 1.21. The van der Waals surface area contributed by atoms with Crippen molar-refractivity contribution in [2.24, 2.45) is 0 Å². The summed E-state index contributed by atoms with van der Waals surface area (Å²) in [5.41, 5.74) is 2.02. The smallest absolute Gasteiger partial charge is 0.186 e. The van der Waals surface area contributed by atoms with Crippen molar-refractivity contribution in [2.45, 2.75) is 13.0 Å². The molecule has 1 saturated heterocycles. The van der Waals surface area contributed by atoms with E-state index in [0.29, 0.717) is 0 Å². The highest BCUT2D eigenvalue weighted by molar-refractivity contribution is 7.99. The van der Waals surface area contributed by atoms with E-state index in [1.165, 1.54) is 12.2 Å². The number of rotatable bonds is 3. The standard InChI is InChI=1S/C15H18N2OS2/c18-11-13-14(12-5-2-1-3-6-12)16-15(20-13)17-7-4-9-19-10-8-17/h1-3,5-6,18H,4,7-11H2. The SMILES string of the molecule is OCc1sc(N2CCCSCC2)nc1-c1ccccc1. The molecular weight excluding hydrogens is 288 g/mol. The minimum Gasteiger partial charge on any atom is -0.391 e. The van der Waals surface area contributed by atoms with Crippen LogP contribution in [0.5, 0.6) is 0 Å². The van der Waals surface area contributed by atoms with Crippen molar-refractivity contribution in [3.63, 3.8) is 0 Å². The Balaban J connectivity index is 1.92. The lowest BCUT2D eigenvalue weighted by molar-refractivity contribution is 0.286. The van der Waals surface area contributed by atoms with Gasteiger partial charge >= 0.3 is 0 Å². The molecule has 5 heteroatoms. The van der Waals surface area contributed by atoms with E-state index in [2.05, 4.69) is 17.0 Å². The summed E-state index contributed by atoms with van der Waals surface area (Å²) in [5, 5.41) is 10.6. The predicted octanol–water partition coefficient (Wildman–Crippen LogP) is 3.25. The molecule has 3 rings (SSSR count). The zero-order valence-electron chi connectivity index (χ0n) is 11.3. The molecule has 2 aromatic rings. The van der Waals surface area contributed by atoms with Crippen molar-refractivity contribution in [2.75, 3.05) is 29.5 Å². The van der Waals surface area contributed by atoms with Gasteiger partial charge in [-0.3, -0.25) is 0 Å². The number of hydrogen-bond donors (Lipinski definition) is 1. The van der Waals surface area contributed by atoms with Gasteiger partial charge in [-0.05, 0) is 12.2 Å². The number of thiazole rings is 1. The minimum absolute atomic E-state index is 0.0600. The molecule has 1 fully saturated rings. The molecule has 1 aliphatic heterocycles. The van der Waals surface area contributed by atoms with E-state index in [4.69, 9.17) is 4.98 Å². The van der Waals surface area contributed by atoms with E-state index in [1.807, 2.05) is 30.0 Å². The van der Waals surface area contributed by atoms with Crippen molar-refractivity contribution in [1.82, 2.24) is 4.98 Å². The van der Waals surface area contributed by atoms with Crippen LogP contribution < -0.4 is 4.90 Å². The Morgan fingerprint density at radius 1 is 1.15 bits per heavy atom. The summed E-state index contributed by atoms with van der Waals surface area (Å²) in [6, 6.07) is 10.1. The number of anilines is 1. The average molecular weight is 306 g/mol. The molecule has 1 N–H and O–H groups in total. The molecule has 1 aliphatic rings. The first-order valence-corrected chi connectivity index (χ1v) is 8.84. The van der Waals surface area contributed by atoms with Crippen molar-refractivity contribution in [3.05, 3.63) is 35.2 Å². The van der Waals surface area contributed by atoms with Gasteiger partial charge in [0.2, 0.25) is 0 Å². The number of aliphatic hydroxyl groups excluding tert-OH is 1. The maximum Gasteiger partial charge on any atom is 0.186 e. The maximum absolute atomic E-state index is 9.59. The van der Waals surface area contributed by atoms with Crippen LogP contribution in [-0.2, 0) is 6.61 Å². The monoisotopic (exact) mass is 306 g/mol. The molecule has 0 bridgehead atoms. The van der Waals surface area contributed by atoms with Crippen LogP contribution in [0.15, 0.2) is 30.3 Å². The molecule has 1 aromatic carbocycles. The molecule has 0 saturated carbocycles. The number of thioether (sulfide) groups is 1. The van der Waals surface area contributed by atoms with Crippen molar-refractivity contribution in [1.29, 1.82) is 0 Å². The van der Waals surface area contributed by atoms with E-state index >= 15 is 0 Å². The predicted molar refractivity (Wildman–Crippen MR) is 87.6 cm³/mol. The first-order chi connectivity index (χ1) is 9.88. The molecular formula is C15H18N2OS2. The Morgan fingerprint density at radius 3 is 2.80 bits per heavy atom. The van der Waals surface area contributed by atoms with Gasteiger partial charge in [-0.1, -0.05) is 41.7 Å². The Hall–Kier alpha value is -1.04. The van der Waals surface area contributed by atoms with Crippen molar-refractivity contribution < 1.29 is 5.11 Å². The Bertz CT molecular complexity index is 548. The lowest BCUT2D eigenvalue weighted by Gasteiger charge is -2.18. The highest BCUT2D eigenvalue weighted by Gasteiger charge is 2.18. The highest BCUT2D eigenvalue weighted by Crippen LogP contribution is 2.33. The van der Waals surface area contributed by atoms with Gasteiger partial charge in [-0.15, -0.1) is 0 Å². The Labute approximate surface area is 127 Å². The van der Waals surface area contributed by atoms with Crippen LogP contribution in [0.3, 0.4) is 0 Å². The Kier molecular flexibility index (Phi) is 4.60. The molecule has 0 radical (unpaired) electrons. The lowest BCUT2D eigenvalue weighted by Crippen LogP contribution is -2.25. The van der Waals surface area contributed by atoms with E-state index in [9.17, 15) is 5.11 Å². The van der Waals surface area contributed by atoms with Gasteiger partial charge < -0.3 is 10.0 Å². The fourth-order valence-electron chi connectivity index (χ4n) is 2.34. The zero-order chi connectivity index (χ0) is 13.8. The second-order valence-corrected chi connectivity index (χ2v) is 7.03. The van der Waals surface area contributed by atoms with Crippen LogP contribution in [0.1, 0.15) is 11.3 Å². The summed E-state index contributed by atoms with van der Waals surface area (Å²) < 4.78 is 0. The van der Waals surface area contributed by atoms with Crippen molar-refractivity contribution >= 4 is 28.2 Å². The normalized spacial score (nSPS) is 16.1. The summed E-state index contributed by atoms with van der Waals surface area (Å²) in [7, 11) is 0. The van der Waals surface area contributed by atoms with Crippen LogP contribution in [0.25, 0.3) is 11.3 Å². The fraction of sp³-hybridized carbons (Fsp3) is 0.400. The first kappa shape index (κ1) is 13.9. The van der Waals surface area contributed by atoms with E-state index < -0.39 is 0 Å². The molecule has 0 aliphatic carbocycles. The lowest BCUT2D eigenvalue weighted by atomic mass is 10.1. The highest BCUT2D eigenvalue weighted by atomic mass is 32.2. The molecule has 3 nitrogen and oxygen atoms in total. The Morgan fingerprint density at radius 2 is 2.00 bits per heavy atom. The van der Waals surface area contributed by atoms with Gasteiger partial charge in [0, 0.05) is 24.4 Å². The van der Waals surface area contributed by atoms with Gasteiger partial charge in [-0.2, -0.15) is 11.8 Å². The number of aliphatic hydroxyl groups is 1. The molecule has 0 spiro atoms. The van der Waals surface area contributed by atoms with Gasteiger partial charge in [0.1, 0.15) is 0 Å². The fourth-order valence-corrected chi connectivity index (χ4v) is 4.22. The van der Waals surface area contributed by atoms with E-state index in [1.54, 1.807) is 11.3 Å². The summed E-state index contributed by atoms with van der Waals surface area (Å²) >= 11 is 3.64. The molecule has 106 valence electrons. The minimum atomic E-state index is 0.0600. The maximum atomic E-state index is 9.59. The average Bonchev–Trinajstić information content (AvgIpc) is 2.75. The second-order valence-electron chi connectivity index (χ2n) is 4.75. The summed E-state index contributed by atoms with van der Waals surface area (Å²) in [4.78, 5) is 8.11. The number of aromatic nitrogens is 1. The first-order valence-electron chi connectivity index (χ1n) is 6.87. The number of nitrogens with zero attached hydrogens (tertiary/aromatic N) is 2. The van der Waals surface area contributed by atoms with Gasteiger partial charge in [-0.25, -0.2) is 4.98 Å². The van der Waals surface area contributed by atoms with Gasteiger partial charge in [0.25, 0.3) is 0 Å². The van der Waals surface area contributed by atoms with Crippen LogP contribution in [0.2, 0.25) is 0 Å². The molecule has 0 atom stereocenters. The number of hydrogen-bond acceptors (Lipinski definition) is 5. The van der Waals surface area contributed by atoms with E-state index in [0.717, 1.165) is 40.1 Å². The topological polar surface area (TPSA) is 36.4 Å². The van der Waals surface area contributed by atoms with Gasteiger partial charge in [0.05, 0.1) is 17.2 Å². The quantitative estimate of drug-likeness (QED) is 0.944. The third-order valence-corrected chi connectivity index (χ3v) is 5.52. The second kappa shape index (κ2) is 6.61. The van der Waals surface area contributed by atoms with Crippen LogP contribution in [0, 0.1) is 0 Å². The van der Waals surface area contributed by atoms with Crippen LogP contribution >= 0.6 is 23.1 Å². The van der Waals surface area contributed by atoms with Crippen LogP contribution in [0.4, 0.5) is 5.13 Å².